The van der Waals surface area contributed by atoms with E-state index >= 15 is 0 Å². The Balaban J connectivity index is 2.09. The third kappa shape index (κ3) is 1.69. The molecule has 0 aromatic heterocycles. The van der Waals surface area contributed by atoms with Gasteiger partial charge in [-0.2, -0.15) is 0 Å². The number of allylic oxidation sites excluding steroid dienone is 1. The maximum absolute atomic E-state index is 5.50. The molecule has 1 aliphatic heterocycles. The van der Waals surface area contributed by atoms with Gasteiger partial charge < -0.3 is 9.31 Å². The summed E-state index contributed by atoms with van der Waals surface area (Å²) in [6, 6.07) is 7.70. The second-order valence-electron chi connectivity index (χ2n) is 2.89. The van der Waals surface area contributed by atoms with Crippen molar-refractivity contribution in [3.8, 4) is 11.5 Å². The quantitative estimate of drug-likeness (QED) is 0.641. The van der Waals surface area contributed by atoms with Crippen molar-refractivity contribution >= 4 is 7.12 Å². The molecule has 0 spiro atoms. The normalized spacial score (nSPS) is 14.1. The Morgan fingerprint density at radius 2 is 1.85 bits per heavy atom. The summed E-state index contributed by atoms with van der Waals surface area (Å²) in [4.78, 5) is 0. The highest BCUT2D eigenvalue weighted by Crippen LogP contribution is 2.32. The molecule has 66 valence electrons. The summed E-state index contributed by atoms with van der Waals surface area (Å²) in [6.45, 7) is 2.08. The van der Waals surface area contributed by atoms with Crippen LogP contribution in [0.4, 0.5) is 0 Å². The van der Waals surface area contributed by atoms with Gasteiger partial charge >= 0.3 is 7.12 Å². The van der Waals surface area contributed by atoms with Crippen LogP contribution in [0.5, 0.6) is 11.5 Å². The van der Waals surface area contributed by atoms with Gasteiger partial charge in [0.25, 0.3) is 0 Å². The van der Waals surface area contributed by atoms with E-state index in [2.05, 4.69) is 6.92 Å². The predicted octanol–water partition coefficient (Wildman–Crippen LogP) is 2.45. The van der Waals surface area contributed by atoms with Crippen molar-refractivity contribution in [1.82, 2.24) is 0 Å². The highest BCUT2D eigenvalue weighted by molar-refractivity contribution is 6.53. The van der Waals surface area contributed by atoms with Gasteiger partial charge in [-0.3, -0.25) is 0 Å². The molecule has 13 heavy (non-hydrogen) atoms. The Labute approximate surface area is 78.3 Å². The van der Waals surface area contributed by atoms with Gasteiger partial charge in [-0.05, 0) is 24.5 Å². The summed E-state index contributed by atoms with van der Waals surface area (Å²) >= 11 is 0. The number of fused-ring (bicyclic) bond motifs is 1. The number of benzene rings is 1. The molecule has 0 amide bonds. The molecule has 0 bridgehead atoms. The molecule has 0 radical (unpaired) electrons. The first-order chi connectivity index (χ1) is 6.40. The zero-order valence-corrected chi connectivity index (χ0v) is 7.57. The predicted molar refractivity (Wildman–Crippen MR) is 52.9 cm³/mol. The number of rotatable bonds is 2. The average Bonchev–Trinajstić information content (AvgIpc) is 2.57. The van der Waals surface area contributed by atoms with Crippen LogP contribution in [0.2, 0.25) is 0 Å². The first kappa shape index (κ1) is 8.23. The van der Waals surface area contributed by atoms with Gasteiger partial charge in [0.15, 0.2) is 0 Å². The summed E-state index contributed by atoms with van der Waals surface area (Å²) in [7, 11) is -0.239. The van der Waals surface area contributed by atoms with Crippen LogP contribution in [-0.4, -0.2) is 7.12 Å². The van der Waals surface area contributed by atoms with Crippen molar-refractivity contribution in [2.75, 3.05) is 0 Å². The standard InChI is InChI=1S/C10H11BO2/c1-2-3-8-11-12-9-6-4-5-7-10(9)13-11/h3-8H,2H2,1H3. The van der Waals surface area contributed by atoms with Crippen molar-refractivity contribution in [2.45, 2.75) is 13.3 Å². The Morgan fingerprint density at radius 1 is 1.23 bits per heavy atom. The van der Waals surface area contributed by atoms with Crippen molar-refractivity contribution in [2.24, 2.45) is 0 Å². The lowest BCUT2D eigenvalue weighted by Gasteiger charge is -1.96. The topological polar surface area (TPSA) is 18.5 Å². The number of hydrogen-bond donors (Lipinski definition) is 0. The van der Waals surface area contributed by atoms with Crippen molar-refractivity contribution in [3.63, 3.8) is 0 Å². The lowest BCUT2D eigenvalue weighted by Crippen LogP contribution is -2.21. The van der Waals surface area contributed by atoms with E-state index in [4.69, 9.17) is 9.31 Å². The van der Waals surface area contributed by atoms with Crippen LogP contribution in [0.25, 0.3) is 0 Å². The summed E-state index contributed by atoms with van der Waals surface area (Å²) in [5.74, 6) is 3.58. The van der Waals surface area contributed by atoms with Crippen LogP contribution in [-0.2, 0) is 0 Å². The van der Waals surface area contributed by atoms with E-state index < -0.39 is 0 Å². The van der Waals surface area contributed by atoms with E-state index in [1.54, 1.807) is 0 Å². The van der Waals surface area contributed by atoms with E-state index in [0.29, 0.717) is 0 Å². The van der Waals surface area contributed by atoms with Crippen LogP contribution in [0.3, 0.4) is 0 Å². The molecule has 2 nitrogen and oxygen atoms in total. The highest BCUT2D eigenvalue weighted by Gasteiger charge is 2.28. The molecule has 0 saturated heterocycles. The molecule has 0 aliphatic carbocycles. The fourth-order valence-corrected chi connectivity index (χ4v) is 1.24. The second-order valence-corrected chi connectivity index (χ2v) is 2.89. The Morgan fingerprint density at radius 3 is 2.38 bits per heavy atom. The fraction of sp³-hybridized carbons (Fsp3) is 0.200. The van der Waals surface area contributed by atoms with Crippen molar-refractivity contribution in [3.05, 3.63) is 36.3 Å². The molecule has 0 atom stereocenters. The molecule has 0 fully saturated rings. The highest BCUT2D eigenvalue weighted by atomic mass is 16.6. The smallest absolute Gasteiger partial charge is 0.520 e. The molecule has 1 aromatic rings. The van der Waals surface area contributed by atoms with Gasteiger partial charge in [0.05, 0.1) is 0 Å². The monoisotopic (exact) mass is 174 g/mol. The average molecular weight is 174 g/mol. The number of para-hydroxylation sites is 2. The maximum atomic E-state index is 5.50. The van der Waals surface area contributed by atoms with Gasteiger partial charge in [-0.25, -0.2) is 0 Å². The van der Waals surface area contributed by atoms with E-state index in [0.717, 1.165) is 17.9 Å². The third-order valence-electron chi connectivity index (χ3n) is 1.86. The van der Waals surface area contributed by atoms with Crippen LogP contribution in [0.1, 0.15) is 13.3 Å². The second kappa shape index (κ2) is 3.56. The molecule has 0 unspecified atom stereocenters. The van der Waals surface area contributed by atoms with E-state index in [1.807, 2.05) is 36.3 Å². The Bertz CT molecular complexity index is 297. The molecule has 2 rings (SSSR count). The van der Waals surface area contributed by atoms with E-state index in [9.17, 15) is 0 Å². The van der Waals surface area contributed by atoms with Gasteiger partial charge in [0.2, 0.25) is 0 Å². The fourth-order valence-electron chi connectivity index (χ4n) is 1.24. The van der Waals surface area contributed by atoms with Crippen LogP contribution in [0, 0.1) is 0 Å². The summed E-state index contributed by atoms with van der Waals surface area (Å²) in [5, 5.41) is 0. The SMILES string of the molecule is CCC=CB1Oc2ccccc2O1. The summed E-state index contributed by atoms with van der Waals surface area (Å²) in [6.07, 6.45) is 3.04. The van der Waals surface area contributed by atoms with Crippen molar-refractivity contribution < 1.29 is 9.31 Å². The Kier molecular flexibility index (Phi) is 2.26. The molecular formula is C10H11BO2. The third-order valence-corrected chi connectivity index (χ3v) is 1.86. The minimum absolute atomic E-state index is 0.239. The van der Waals surface area contributed by atoms with E-state index in [-0.39, 0.29) is 7.12 Å². The van der Waals surface area contributed by atoms with Crippen LogP contribution < -0.4 is 9.31 Å². The van der Waals surface area contributed by atoms with Gasteiger partial charge in [-0.15, -0.1) is 0 Å². The lowest BCUT2D eigenvalue weighted by atomic mass is 9.90. The first-order valence-electron chi connectivity index (χ1n) is 4.49. The largest absolute Gasteiger partial charge is 0.624 e. The maximum Gasteiger partial charge on any atom is 0.624 e. The summed E-state index contributed by atoms with van der Waals surface area (Å²) < 4.78 is 11.0. The molecule has 0 N–H and O–H groups in total. The molecule has 1 heterocycles. The number of hydrogen-bond acceptors (Lipinski definition) is 2. The minimum Gasteiger partial charge on any atom is -0.520 e. The Hall–Kier alpha value is -1.38. The molecule has 3 heteroatoms. The van der Waals surface area contributed by atoms with Crippen LogP contribution >= 0.6 is 0 Å². The van der Waals surface area contributed by atoms with Crippen LogP contribution in [0.15, 0.2) is 36.3 Å². The van der Waals surface area contributed by atoms with Gasteiger partial charge in [0, 0.05) is 0 Å². The minimum atomic E-state index is -0.239. The zero-order valence-electron chi connectivity index (χ0n) is 7.57. The molecule has 1 aliphatic rings. The van der Waals surface area contributed by atoms with Gasteiger partial charge in [-0.1, -0.05) is 25.1 Å². The van der Waals surface area contributed by atoms with Crippen molar-refractivity contribution in [1.29, 1.82) is 0 Å². The first-order valence-corrected chi connectivity index (χ1v) is 4.49. The zero-order chi connectivity index (χ0) is 9.10. The van der Waals surface area contributed by atoms with Gasteiger partial charge in [0.1, 0.15) is 11.5 Å². The molecule has 1 aromatic carbocycles. The van der Waals surface area contributed by atoms with E-state index in [1.165, 1.54) is 0 Å². The molecule has 0 saturated carbocycles. The lowest BCUT2D eigenvalue weighted by molar-refractivity contribution is 0.517. The molecular weight excluding hydrogens is 163 g/mol. The summed E-state index contributed by atoms with van der Waals surface area (Å²) in [5.41, 5.74) is 0.